The Morgan fingerprint density at radius 3 is 2.47 bits per heavy atom. The van der Waals surface area contributed by atoms with Crippen molar-refractivity contribution < 1.29 is 0 Å². The topological polar surface area (TPSA) is 29.0 Å². The first-order valence-corrected chi connectivity index (χ1v) is 6.89. The lowest BCUT2D eigenvalue weighted by atomic mass is 10.3. The Morgan fingerprint density at radius 1 is 1.24 bits per heavy atom. The van der Waals surface area contributed by atoms with Crippen molar-refractivity contribution >= 4 is 17.4 Å². The van der Waals surface area contributed by atoms with Gasteiger partial charge in [-0.15, -0.1) is 0 Å². The van der Waals surface area contributed by atoms with E-state index in [9.17, 15) is 0 Å². The number of rotatable bonds is 4. The summed E-state index contributed by atoms with van der Waals surface area (Å²) in [5.41, 5.74) is 1.03. The van der Waals surface area contributed by atoms with E-state index in [4.69, 9.17) is 16.6 Å². The van der Waals surface area contributed by atoms with Crippen molar-refractivity contribution in [3.05, 3.63) is 16.5 Å². The van der Waals surface area contributed by atoms with Crippen LogP contribution in [0.2, 0.25) is 5.15 Å². The zero-order valence-electron chi connectivity index (χ0n) is 10.4. The van der Waals surface area contributed by atoms with Gasteiger partial charge in [0.2, 0.25) is 0 Å². The molecule has 0 spiro atoms. The summed E-state index contributed by atoms with van der Waals surface area (Å²) in [5, 5.41) is 0.635. The van der Waals surface area contributed by atoms with Crippen molar-refractivity contribution in [1.82, 2.24) is 9.97 Å². The normalized spacial score (nSPS) is 19.5. The molecule has 2 saturated carbocycles. The van der Waals surface area contributed by atoms with Gasteiger partial charge in [-0.05, 0) is 39.5 Å². The molecule has 0 atom stereocenters. The highest BCUT2D eigenvalue weighted by Crippen LogP contribution is 2.41. The van der Waals surface area contributed by atoms with E-state index < -0.39 is 0 Å². The molecule has 2 aliphatic rings. The Labute approximate surface area is 107 Å². The number of nitrogens with zero attached hydrogens (tertiary/aromatic N) is 3. The number of hydrogen-bond acceptors (Lipinski definition) is 3. The summed E-state index contributed by atoms with van der Waals surface area (Å²) in [6, 6.07) is 0.678. The highest BCUT2D eigenvalue weighted by molar-refractivity contribution is 6.30. The van der Waals surface area contributed by atoms with Crippen LogP contribution < -0.4 is 4.90 Å². The van der Waals surface area contributed by atoms with Gasteiger partial charge in [-0.2, -0.15) is 0 Å². The van der Waals surface area contributed by atoms with Crippen LogP contribution in [0, 0.1) is 6.92 Å². The molecule has 4 heteroatoms. The fourth-order valence-corrected chi connectivity index (χ4v) is 2.44. The molecule has 2 fully saturated rings. The van der Waals surface area contributed by atoms with Crippen molar-refractivity contribution in [2.75, 3.05) is 11.4 Å². The molecule has 0 saturated heterocycles. The average molecular weight is 252 g/mol. The first-order chi connectivity index (χ1) is 8.20. The van der Waals surface area contributed by atoms with E-state index in [2.05, 4.69) is 16.8 Å². The van der Waals surface area contributed by atoms with Crippen LogP contribution in [0.3, 0.4) is 0 Å². The first kappa shape index (κ1) is 11.3. The van der Waals surface area contributed by atoms with E-state index in [-0.39, 0.29) is 0 Å². The molecule has 0 aromatic carbocycles. The molecule has 0 unspecified atom stereocenters. The molecule has 92 valence electrons. The molecular weight excluding hydrogens is 234 g/mol. The lowest BCUT2D eigenvalue weighted by Crippen LogP contribution is -2.27. The molecule has 1 heterocycles. The SMILES string of the molecule is CCN(c1nc(C2CC2)nc(Cl)c1C)C1CC1. The Morgan fingerprint density at radius 2 is 1.94 bits per heavy atom. The molecule has 17 heavy (non-hydrogen) atoms. The van der Waals surface area contributed by atoms with Crippen LogP contribution in [0.15, 0.2) is 0 Å². The van der Waals surface area contributed by atoms with E-state index in [1.807, 2.05) is 6.92 Å². The minimum Gasteiger partial charge on any atom is -0.354 e. The Bertz CT molecular complexity index is 439. The smallest absolute Gasteiger partial charge is 0.137 e. The van der Waals surface area contributed by atoms with Crippen molar-refractivity contribution in [3.63, 3.8) is 0 Å². The second-order valence-corrected chi connectivity index (χ2v) is 5.47. The Kier molecular flexibility index (Phi) is 2.74. The van der Waals surface area contributed by atoms with Crippen molar-refractivity contribution in [1.29, 1.82) is 0 Å². The molecule has 0 bridgehead atoms. The fraction of sp³-hybridized carbons (Fsp3) is 0.692. The van der Waals surface area contributed by atoms with E-state index in [0.29, 0.717) is 17.1 Å². The average Bonchev–Trinajstić information content (AvgIpc) is 3.17. The third-order valence-electron chi connectivity index (χ3n) is 3.62. The van der Waals surface area contributed by atoms with Gasteiger partial charge in [-0.3, -0.25) is 0 Å². The summed E-state index contributed by atoms with van der Waals surface area (Å²) < 4.78 is 0. The lowest BCUT2D eigenvalue weighted by Gasteiger charge is -2.24. The largest absolute Gasteiger partial charge is 0.354 e. The van der Waals surface area contributed by atoms with Gasteiger partial charge in [0.05, 0.1) is 0 Å². The summed E-state index contributed by atoms with van der Waals surface area (Å²) in [7, 11) is 0. The summed E-state index contributed by atoms with van der Waals surface area (Å²) in [5.74, 6) is 2.58. The van der Waals surface area contributed by atoms with Gasteiger partial charge in [0.25, 0.3) is 0 Å². The van der Waals surface area contributed by atoms with Crippen LogP contribution in [-0.4, -0.2) is 22.6 Å². The summed E-state index contributed by atoms with van der Waals surface area (Å²) in [6.07, 6.45) is 5.00. The van der Waals surface area contributed by atoms with Crippen molar-refractivity contribution in [2.45, 2.75) is 51.5 Å². The quantitative estimate of drug-likeness (QED) is 0.769. The summed E-state index contributed by atoms with van der Waals surface area (Å²) in [6.45, 7) is 5.22. The second kappa shape index (κ2) is 4.13. The number of anilines is 1. The third-order valence-corrected chi connectivity index (χ3v) is 3.99. The molecule has 1 aromatic rings. The molecular formula is C13H18ClN3. The second-order valence-electron chi connectivity index (χ2n) is 5.11. The molecule has 0 amide bonds. The number of hydrogen-bond donors (Lipinski definition) is 0. The monoisotopic (exact) mass is 251 g/mol. The van der Waals surface area contributed by atoms with E-state index >= 15 is 0 Å². The highest BCUT2D eigenvalue weighted by atomic mass is 35.5. The van der Waals surface area contributed by atoms with E-state index in [0.717, 1.165) is 23.8 Å². The van der Waals surface area contributed by atoms with Gasteiger partial charge in [0.15, 0.2) is 0 Å². The maximum atomic E-state index is 6.24. The highest BCUT2D eigenvalue weighted by Gasteiger charge is 2.33. The van der Waals surface area contributed by atoms with Gasteiger partial charge in [-0.25, -0.2) is 9.97 Å². The summed E-state index contributed by atoms with van der Waals surface area (Å²) in [4.78, 5) is 11.6. The van der Waals surface area contributed by atoms with Crippen LogP contribution in [0.1, 0.15) is 49.9 Å². The molecule has 2 aliphatic carbocycles. The zero-order chi connectivity index (χ0) is 12.0. The number of aromatic nitrogens is 2. The Balaban J connectivity index is 2.00. The molecule has 3 rings (SSSR count). The molecule has 3 nitrogen and oxygen atoms in total. The predicted molar refractivity (Wildman–Crippen MR) is 69.8 cm³/mol. The van der Waals surface area contributed by atoms with Crippen LogP contribution in [0.25, 0.3) is 0 Å². The minimum absolute atomic E-state index is 0.560. The van der Waals surface area contributed by atoms with Crippen LogP contribution in [-0.2, 0) is 0 Å². The van der Waals surface area contributed by atoms with E-state index in [1.165, 1.54) is 25.7 Å². The van der Waals surface area contributed by atoms with Gasteiger partial charge in [0, 0.05) is 24.1 Å². The maximum absolute atomic E-state index is 6.24. The summed E-state index contributed by atoms with van der Waals surface area (Å²) >= 11 is 6.24. The molecule has 0 aliphatic heterocycles. The van der Waals surface area contributed by atoms with Crippen LogP contribution in [0.4, 0.5) is 5.82 Å². The van der Waals surface area contributed by atoms with Gasteiger partial charge in [-0.1, -0.05) is 11.6 Å². The zero-order valence-corrected chi connectivity index (χ0v) is 11.2. The molecule has 1 aromatic heterocycles. The van der Waals surface area contributed by atoms with Gasteiger partial charge >= 0.3 is 0 Å². The van der Waals surface area contributed by atoms with Crippen molar-refractivity contribution in [2.24, 2.45) is 0 Å². The fourth-order valence-electron chi connectivity index (χ4n) is 2.26. The van der Waals surface area contributed by atoms with Crippen LogP contribution in [0.5, 0.6) is 0 Å². The third kappa shape index (κ3) is 2.13. The van der Waals surface area contributed by atoms with Gasteiger partial charge in [0.1, 0.15) is 16.8 Å². The minimum atomic E-state index is 0.560. The molecule has 0 N–H and O–H groups in total. The maximum Gasteiger partial charge on any atom is 0.137 e. The van der Waals surface area contributed by atoms with Crippen LogP contribution >= 0.6 is 11.6 Å². The Hall–Kier alpha value is -0.830. The van der Waals surface area contributed by atoms with E-state index in [1.54, 1.807) is 0 Å². The molecule has 0 radical (unpaired) electrons. The lowest BCUT2D eigenvalue weighted by molar-refractivity contribution is 0.784. The van der Waals surface area contributed by atoms with Gasteiger partial charge < -0.3 is 4.90 Å². The predicted octanol–water partition coefficient (Wildman–Crippen LogP) is 3.30. The standard InChI is InChI=1S/C13H18ClN3/c1-3-17(10-6-7-10)13-8(2)11(14)15-12(16-13)9-4-5-9/h9-10H,3-7H2,1-2H3. The first-order valence-electron chi connectivity index (χ1n) is 6.51. The van der Waals surface area contributed by atoms with Crippen molar-refractivity contribution in [3.8, 4) is 0 Å². The number of halogens is 1.